The van der Waals surface area contributed by atoms with Crippen molar-refractivity contribution in [1.82, 2.24) is 0 Å². The third-order valence-corrected chi connectivity index (χ3v) is 6.44. The van der Waals surface area contributed by atoms with Crippen molar-refractivity contribution < 1.29 is 4.42 Å². The zero-order valence-electron chi connectivity index (χ0n) is 17.4. The highest BCUT2D eigenvalue weighted by Gasteiger charge is 2.17. The van der Waals surface area contributed by atoms with Crippen molar-refractivity contribution in [3.05, 3.63) is 71.8 Å². The number of furan rings is 1. The van der Waals surface area contributed by atoms with E-state index < -0.39 is 0 Å². The quantitative estimate of drug-likeness (QED) is 0.382. The fourth-order valence-electron chi connectivity index (χ4n) is 4.83. The van der Waals surface area contributed by atoms with Gasteiger partial charge in [-0.1, -0.05) is 75.6 Å². The van der Waals surface area contributed by atoms with Crippen LogP contribution in [-0.4, -0.2) is 0 Å². The molecule has 1 aliphatic carbocycles. The lowest BCUT2D eigenvalue weighted by molar-refractivity contribution is 0.443. The van der Waals surface area contributed by atoms with Gasteiger partial charge in [-0.25, -0.2) is 0 Å². The summed E-state index contributed by atoms with van der Waals surface area (Å²) in [7, 11) is 0. The molecule has 3 aromatic carbocycles. The van der Waals surface area contributed by atoms with E-state index in [1.807, 2.05) is 0 Å². The van der Waals surface area contributed by atoms with Crippen LogP contribution in [0.4, 0.5) is 11.4 Å². The first kappa shape index (κ1) is 18.3. The van der Waals surface area contributed by atoms with Crippen LogP contribution in [0.3, 0.4) is 0 Å². The van der Waals surface area contributed by atoms with Crippen LogP contribution in [0.25, 0.3) is 21.9 Å². The Hall–Kier alpha value is -2.74. The summed E-state index contributed by atoms with van der Waals surface area (Å²) in [6, 6.07) is 21.9. The molecule has 29 heavy (non-hydrogen) atoms. The number of nitrogens with one attached hydrogen (secondary N) is 1. The van der Waals surface area contributed by atoms with Gasteiger partial charge in [-0.3, -0.25) is 0 Å². The monoisotopic (exact) mass is 383 g/mol. The van der Waals surface area contributed by atoms with Crippen LogP contribution in [0.1, 0.15) is 68.9 Å². The number of para-hydroxylation sites is 2. The lowest BCUT2D eigenvalue weighted by Crippen LogP contribution is -2.04. The van der Waals surface area contributed by atoms with E-state index in [1.54, 1.807) is 0 Å². The van der Waals surface area contributed by atoms with E-state index in [0.717, 1.165) is 28.5 Å². The molecule has 0 saturated heterocycles. The molecule has 2 nitrogen and oxygen atoms in total. The fourth-order valence-corrected chi connectivity index (χ4v) is 4.83. The molecule has 1 saturated carbocycles. The first-order chi connectivity index (χ1) is 14.2. The zero-order chi connectivity index (χ0) is 19.8. The van der Waals surface area contributed by atoms with Gasteiger partial charge < -0.3 is 9.73 Å². The van der Waals surface area contributed by atoms with Crippen LogP contribution in [0.2, 0.25) is 0 Å². The Kier molecular flexibility index (Phi) is 4.79. The lowest BCUT2D eigenvalue weighted by Gasteiger charge is -2.22. The van der Waals surface area contributed by atoms with Crippen LogP contribution in [0, 0.1) is 0 Å². The van der Waals surface area contributed by atoms with Crippen molar-refractivity contribution in [2.75, 3.05) is 5.32 Å². The van der Waals surface area contributed by atoms with Gasteiger partial charge in [-0.2, -0.15) is 0 Å². The maximum absolute atomic E-state index is 6.40. The van der Waals surface area contributed by atoms with Crippen LogP contribution >= 0.6 is 0 Å². The fraction of sp³-hybridized carbons (Fsp3) is 0.333. The lowest BCUT2D eigenvalue weighted by atomic mass is 9.84. The van der Waals surface area contributed by atoms with Crippen LogP contribution in [-0.2, 0) is 0 Å². The van der Waals surface area contributed by atoms with E-state index in [1.165, 1.54) is 54.0 Å². The van der Waals surface area contributed by atoms with Crippen molar-refractivity contribution in [3.8, 4) is 0 Å². The second-order valence-electron chi connectivity index (χ2n) is 8.74. The van der Waals surface area contributed by atoms with Gasteiger partial charge in [0.25, 0.3) is 0 Å². The Balaban J connectivity index is 1.49. The summed E-state index contributed by atoms with van der Waals surface area (Å²) in [5.74, 6) is 1.18. The van der Waals surface area contributed by atoms with Gasteiger partial charge in [-0.05, 0) is 54.0 Å². The highest BCUT2D eigenvalue weighted by molar-refractivity contribution is 6.10. The van der Waals surface area contributed by atoms with E-state index >= 15 is 0 Å². The smallest absolute Gasteiger partial charge is 0.158 e. The Morgan fingerprint density at radius 1 is 0.793 bits per heavy atom. The van der Waals surface area contributed by atoms with E-state index in [9.17, 15) is 0 Å². The van der Waals surface area contributed by atoms with Gasteiger partial charge in [-0.15, -0.1) is 0 Å². The van der Waals surface area contributed by atoms with Gasteiger partial charge in [0.05, 0.1) is 5.69 Å². The molecule has 0 bridgehead atoms. The average molecular weight is 384 g/mol. The first-order valence-corrected chi connectivity index (χ1v) is 11.0. The van der Waals surface area contributed by atoms with E-state index in [-0.39, 0.29) is 0 Å². The first-order valence-electron chi connectivity index (χ1n) is 11.0. The summed E-state index contributed by atoms with van der Waals surface area (Å²) in [5.41, 5.74) is 6.84. The predicted molar refractivity (Wildman–Crippen MR) is 123 cm³/mol. The van der Waals surface area contributed by atoms with E-state index in [2.05, 4.69) is 79.8 Å². The van der Waals surface area contributed by atoms with Crippen molar-refractivity contribution in [3.63, 3.8) is 0 Å². The number of hydrogen-bond acceptors (Lipinski definition) is 2. The van der Waals surface area contributed by atoms with Gasteiger partial charge in [0.1, 0.15) is 5.58 Å². The number of hydrogen-bond donors (Lipinski definition) is 1. The molecule has 0 atom stereocenters. The number of fused-ring (bicyclic) bond motifs is 3. The maximum atomic E-state index is 6.40. The average Bonchev–Trinajstić information content (AvgIpc) is 3.15. The van der Waals surface area contributed by atoms with Crippen LogP contribution in [0.5, 0.6) is 0 Å². The Morgan fingerprint density at radius 2 is 1.48 bits per heavy atom. The van der Waals surface area contributed by atoms with E-state index in [0.29, 0.717) is 5.92 Å². The molecule has 1 fully saturated rings. The molecule has 1 aromatic heterocycles. The van der Waals surface area contributed by atoms with Crippen molar-refractivity contribution in [2.24, 2.45) is 0 Å². The third kappa shape index (κ3) is 3.42. The Bertz CT molecular complexity index is 1130. The Labute approximate surface area is 172 Å². The summed E-state index contributed by atoms with van der Waals surface area (Å²) in [4.78, 5) is 0. The second-order valence-corrected chi connectivity index (χ2v) is 8.74. The van der Waals surface area contributed by atoms with Gasteiger partial charge >= 0.3 is 0 Å². The number of rotatable bonds is 4. The van der Waals surface area contributed by atoms with Gasteiger partial charge in [0.2, 0.25) is 0 Å². The summed E-state index contributed by atoms with van der Waals surface area (Å²) < 4.78 is 6.40. The highest BCUT2D eigenvalue weighted by Crippen LogP contribution is 2.38. The molecule has 0 aliphatic heterocycles. The minimum atomic E-state index is 0.433. The molecule has 148 valence electrons. The number of benzene rings is 3. The SMILES string of the molecule is CC(C)c1cccc2c1oc1c(Nc3ccc(C4CCCCC4)cc3)cccc12. The Morgan fingerprint density at radius 3 is 2.21 bits per heavy atom. The third-order valence-electron chi connectivity index (χ3n) is 6.44. The summed E-state index contributed by atoms with van der Waals surface area (Å²) in [5, 5.41) is 5.96. The second kappa shape index (κ2) is 7.59. The molecule has 2 heteroatoms. The molecule has 0 amide bonds. The molecule has 0 spiro atoms. The summed E-state index contributed by atoms with van der Waals surface area (Å²) in [6.07, 6.45) is 6.82. The van der Waals surface area contributed by atoms with Crippen LogP contribution in [0.15, 0.2) is 65.1 Å². The van der Waals surface area contributed by atoms with Crippen molar-refractivity contribution in [1.29, 1.82) is 0 Å². The molecule has 0 radical (unpaired) electrons. The molecule has 1 aliphatic rings. The van der Waals surface area contributed by atoms with Gasteiger partial charge in [0.15, 0.2) is 5.58 Å². The number of anilines is 2. The van der Waals surface area contributed by atoms with Crippen LogP contribution < -0.4 is 5.32 Å². The van der Waals surface area contributed by atoms with E-state index in [4.69, 9.17) is 4.42 Å². The standard InChI is InChI=1S/C27H29NO/c1-18(2)22-10-6-11-23-24-12-7-13-25(27(24)29-26(22)23)28-21-16-14-20(15-17-21)19-8-4-3-5-9-19/h6-7,10-19,28H,3-5,8-9H2,1-2H3. The topological polar surface area (TPSA) is 25.2 Å². The minimum absolute atomic E-state index is 0.433. The summed E-state index contributed by atoms with van der Waals surface area (Å²) >= 11 is 0. The molecular weight excluding hydrogens is 354 g/mol. The maximum Gasteiger partial charge on any atom is 0.158 e. The normalized spacial score (nSPS) is 15.4. The zero-order valence-corrected chi connectivity index (χ0v) is 17.4. The summed E-state index contributed by atoms with van der Waals surface area (Å²) in [6.45, 7) is 4.43. The predicted octanol–water partition coefficient (Wildman–Crippen LogP) is 8.50. The molecule has 1 heterocycles. The molecule has 1 N–H and O–H groups in total. The van der Waals surface area contributed by atoms with Crippen molar-refractivity contribution in [2.45, 2.75) is 57.8 Å². The largest absolute Gasteiger partial charge is 0.454 e. The molecule has 5 rings (SSSR count). The molecule has 4 aromatic rings. The molecular formula is C27H29NO. The highest BCUT2D eigenvalue weighted by atomic mass is 16.3. The minimum Gasteiger partial charge on any atom is -0.454 e. The van der Waals surface area contributed by atoms with Crippen molar-refractivity contribution >= 4 is 33.3 Å². The van der Waals surface area contributed by atoms with Gasteiger partial charge in [0, 0.05) is 16.5 Å². The molecule has 0 unspecified atom stereocenters.